The summed E-state index contributed by atoms with van der Waals surface area (Å²) >= 11 is 18.1. The van der Waals surface area contributed by atoms with Crippen LogP contribution in [0.5, 0.6) is 5.75 Å². The van der Waals surface area contributed by atoms with E-state index in [2.05, 4.69) is 5.32 Å². The number of amides is 1. The lowest BCUT2D eigenvalue weighted by atomic mass is 10.1. The number of esters is 1. The van der Waals surface area contributed by atoms with Crippen LogP contribution in [0.1, 0.15) is 26.3 Å². The van der Waals surface area contributed by atoms with Crippen molar-refractivity contribution in [3.8, 4) is 5.75 Å². The van der Waals surface area contributed by atoms with Gasteiger partial charge in [0.2, 0.25) is 0 Å². The molecule has 9 heteroatoms. The molecule has 1 amide bonds. The van der Waals surface area contributed by atoms with Gasteiger partial charge in [-0.2, -0.15) is 0 Å². The number of hydrogen-bond donors (Lipinski definition) is 1. The second-order valence-corrected chi connectivity index (χ2v) is 8.44. The van der Waals surface area contributed by atoms with Crippen LogP contribution in [0.15, 0.2) is 75.9 Å². The first kappa shape index (κ1) is 23.8. The lowest BCUT2D eigenvalue weighted by molar-refractivity contribution is 0.0735. The lowest BCUT2D eigenvalue weighted by Crippen LogP contribution is -2.29. The van der Waals surface area contributed by atoms with E-state index in [1.807, 2.05) is 30.3 Å². The van der Waals surface area contributed by atoms with Gasteiger partial charge in [-0.25, -0.2) is 9.59 Å². The van der Waals surface area contributed by atoms with Crippen LogP contribution in [0.4, 0.5) is 0 Å². The molecule has 34 heavy (non-hydrogen) atoms. The Bertz CT molecular complexity index is 1450. The van der Waals surface area contributed by atoms with Crippen molar-refractivity contribution in [3.63, 3.8) is 0 Å². The average molecular weight is 517 g/mol. The third-order valence-electron chi connectivity index (χ3n) is 4.95. The van der Waals surface area contributed by atoms with Crippen molar-refractivity contribution in [1.29, 1.82) is 0 Å². The van der Waals surface area contributed by atoms with E-state index < -0.39 is 17.5 Å². The SMILES string of the molecule is O=C(Oc1ccc2cc(C(=O)NCCc3ccccc3)c(=O)oc2c1)c1c(Cl)ccc(Cl)c1Cl. The van der Waals surface area contributed by atoms with Gasteiger partial charge in [-0.1, -0.05) is 65.1 Å². The third kappa shape index (κ3) is 5.25. The average Bonchev–Trinajstić information content (AvgIpc) is 2.82. The van der Waals surface area contributed by atoms with Gasteiger partial charge in [0, 0.05) is 18.0 Å². The van der Waals surface area contributed by atoms with E-state index in [0.717, 1.165) is 5.56 Å². The van der Waals surface area contributed by atoms with Crippen LogP contribution in [0, 0.1) is 0 Å². The summed E-state index contributed by atoms with van der Waals surface area (Å²) in [6.07, 6.45) is 0.626. The number of fused-ring (bicyclic) bond motifs is 1. The Hall–Kier alpha value is -3.32. The minimum absolute atomic E-state index is 0.0330. The van der Waals surface area contributed by atoms with Crippen LogP contribution < -0.4 is 15.7 Å². The molecule has 1 N–H and O–H groups in total. The molecule has 1 aromatic heterocycles. The largest absolute Gasteiger partial charge is 0.423 e. The number of carbonyl (C=O) groups is 2. The summed E-state index contributed by atoms with van der Waals surface area (Å²) in [4.78, 5) is 37.5. The van der Waals surface area contributed by atoms with Crippen molar-refractivity contribution in [2.24, 2.45) is 0 Å². The molecule has 0 radical (unpaired) electrons. The van der Waals surface area contributed by atoms with E-state index in [1.54, 1.807) is 6.07 Å². The fourth-order valence-corrected chi connectivity index (χ4v) is 3.93. The molecule has 0 saturated heterocycles. The van der Waals surface area contributed by atoms with Crippen LogP contribution in [0.25, 0.3) is 11.0 Å². The number of benzene rings is 3. The number of hydrogen-bond acceptors (Lipinski definition) is 5. The number of nitrogens with one attached hydrogen (secondary N) is 1. The van der Waals surface area contributed by atoms with E-state index in [1.165, 1.54) is 30.3 Å². The highest BCUT2D eigenvalue weighted by Gasteiger charge is 2.20. The second kappa shape index (κ2) is 10.3. The van der Waals surface area contributed by atoms with E-state index in [9.17, 15) is 14.4 Å². The summed E-state index contributed by atoms with van der Waals surface area (Å²) in [6, 6.07) is 18.4. The van der Waals surface area contributed by atoms with Gasteiger partial charge in [-0.15, -0.1) is 0 Å². The van der Waals surface area contributed by atoms with Crippen LogP contribution >= 0.6 is 34.8 Å². The first-order valence-electron chi connectivity index (χ1n) is 10.1. The number of carbonyl (C=O) groups excluding carboxylic acids is 2. The molecule has 0 unspecified atom stereocenters. The van der Waals surface area contributed by atoms with Gasteiger partial charge >= 0.3 is 11.6 Å². The number of ether oxygens (including phenoxy) is 1. The molecule has 4 rings (SSSR count). The summed E-state index contributed by atoms with van der Waals surface area (Å²) in [5.41, 5.74) is 0.187. The van der Waals surface area contributed by atoms with E-state index in [0.29, 0.717) is 18.4 Å². The Morgan fingerprint density at radius 3 is 2.41 bits per heavy atom. The molecular formula is C25H16Cl3NO5. The van der Waals surface area contributed by atoms with Crippen molar-refractivity contribution in [2.45, 2.75) is 6.42 Å². The Kier molecular flexibility index (Phi) is 7.22. The second-order valence-electron chi connectivity index (χ2n) is 7.25. The first-order chi connectivity index (χ1) is 16.3. The topological polar surface area (TPSA) is 85.6 Å². The molecule has 4 aromatic rings. The van der Waals surface area contributed by atoms with Gasteiger partial charge < -0.3 is 14.5 Å². The first-order valence-corrected chi connectivity index (χ1v) is 11.2. The highest BCUT2D eigenvalue weighted by Crippen LogP contribution is 2.32. The molecule has 0 aliphatic rings. The molecule has 0 fully saturated rings. The van der Waals surface area contributed by atoms with E-state index in [4.69, 9.17) is 44.0 Å². The molecule has 0 saturated carbocycles. The zero-order valence-corrected chi connectivity index (χ0v) is 19.7. The van der Waals surface area contributed by atoms with Crippen LogP contribution in [0.2, 0.25) is 15.1 Å². The Morgan fingerprint density at radius 2 is 1.65 bits per heavy atom. The van der Waals surface area contributed by atoms with Crippen molar-refractivity contribution >= 4 is 57.6 Å². The highest BCUT2D eigenvalue weighted by atomic mass is 35.5. The van der Waals surface area contributed by atoms with Gasteiger partial charge in [0.05, 0.1) is 20.6 Å². The van der Waals surface area contributed by atoms with Crippen LogP contribution in [-0.2, 0) is 6.42 Å². The molecule has 0 aliphatic heterocycles. The quantitative estimate of drug-likeness (QED) is 0.148. The van der Waals surface area contributed by atoms with Gasteiger partial charge in [-0.05, 0) is 42.3 Å². The zero-order chi connectivity index (χ0) is 24.2. The normalized spacial score (nSPS) is 10.8. The monoisotopic (exact) mass is 515 g/mol. The maximum Gasteiger partial charge on any atom is 0.349 e. The van der Waals surface area contributed by atoms with E-state index in [-0.39, 0.29) is 37.5 Å². The van der Waals surface area contributed by atoms with Crippen molar-refractivity contribution in [1.82, 2.24) is 5.32 Å². The summed E-state index contributed by atoms with van der Waals surface area (Å²) in [6.45, 7) is 0.365. The van der Waals surface area contributed by atoms with Crippen molar-refractivity contribution in [2.75, 3.05) is 6.54 Å². The highest BCUT2D eigenvalue weighted by molar-refractivity contribution is 6.46. The molecule has 0 bridgehead atoms. The number of rotatable bonds is 6. The lowest BCUT2D eigenvalue weighted by Gasteiger charge is -2.09. The predicted octanol–water partition coefficient (Wildman–Crippen LogP) is 5.94. The summed E-state index contributed by atoms with van der Waals surface area (Å²) in [5.74, 6) is -1.27. The van der Waals surface area contributed by atoms with Gasteiger partial charge in [0.15, 0.2) is 0 Å². The Morgan fingerprint density at radius 1 is 0.912 bits per heavy atom. The molecule has 0 aliphatic carbocycles. The molecule has 0 atom stereocenters. The molecule has 6 nitrogen and oxygen atoms in total. The maximum atomic E-state index is 12.6. The maximum absolute atomic E-state index is 12.6. The molecule has 0 spiro atoms. The third-order valence-corrected chi connectivity index (χ3v) is 6.07. The molecule has 3 aromatic carbocycles. The molecular weight excluding hydrogens is 501 g/mol. The van der Waals surface area contributed by atoms with Crippen LogP contribution in [-0.4, -0.2) is 18.4 Å². The van der Waals surface area contributed by atoms with Crippen molar-refractivity contribution in [3.05, 3.63) is 109 Å². The minimum Gasteiger partial charge on any atom is -0.423 e. The summed E-state index contributed by atoms with van der Waals surface area (Å²) < 4.78 is 10.6. The van der Waals surface area contributed by atoms with Crippen molar-refractivity contribution < 1.29 is 18.7 Å². The zero-order valence-electron chi connectivity index (χ0n) is 17.4. The Balaban J connectivity index is 1.50. The standard InChI is InChI=1S/C25H16Cl3NO5/c26-18-8-9-19(27)22(28)21(18)25(32)33-16-7-6-15-12-17(24(31)34-20(15)13-16)23(30)29-11-10-14-4-2-1-3-5-14/h1-9,12-13H,10-11H2,(H,29,30). The summed E-state index contributed by atoms with van der Waals surface area (Å²) in [7, 11) is 0. The van der Waals surface area contributed by atoms with E-state index >= 15 is 0 Å². The summed E-state index contributed by atoms with van der Waals surface area (Å²) in [5, 5.41) is 3.39. The molecule has 172 valence electrons. The predicted molar refractivity (Wildman–Crippen MR) is 131 cm³/mol. The number of halogens is 3. The van der Waals surface area contributed by atoms with Gasteiger partial charge in [0.1, 0.15) is 16.9 Å². The van der Waals surface area contributed by atoms with Gasteiger partial charge in [0.25, 0.3) is 5.91 Å². The Labute approximate surface area is 209 Å². The fourth-order valence-electron chi connectivity index (χ4n) is 3.25. The van der Waals surface area contributed by atoms with Crippen LogP contribution in [0.3, 0.4) is 0 Å². The smallest absolute Gasteiger partial charge is 0.349 e. The molecule has 1 heterocycles. The van der Waals surface area contributed by atoms with Gasteiger partial charge in [-0.3, -0.25) is 4.79 Å². The minimum atomic E-state index is -0.825. The fraction of sp³-hybridized carbons (Fsp3) is 0.0800.